The monoisotopic (exact) mass is 1130 g/mol. The number of ether oxygens (including phenoxy) is 5. The Balaban J connectivity index is 0.761. The fourth-order valence-electron chi connectivity index (χ4n) is 13.0. The second kappa shape index (κ2) is 22.8. The van der Waals surface area contributed by atoms with Crippen molar-refractivity contribution >= 4 is 62.5 Å². The minimum atomic E-state index is -0.804. The average Bonchev–Trinajstić information content (AvgIpc) is 4.21. The van der Waals surface area contributed by atoms with Gasteiger partial charge < -0.3 is 33.9 Å². The Kier molecular flexibility index (Phi) is 15.6. The molecule has 5 aliphatic rings. The number of alkyl carbamates (subject to hydrolysis) is 1. The van der Waals surface area contributed by atoms with Gasteiger partial charge in [-0.05, 0) is 133 Å². The molecule has 0 saturated carbocycles. The number of piperidine rings is 1. The number of aromatic nitrogens is 5. The summed E-state index contributed by atoms with van der Waals surface area (Å²) in [6.45, 7) is 7.79. The van der Waals surface area contributed by atoms with E-state index in [0.717, 1.165) is 81.8 Å². The SMILES string of the molecule is C#Cc1c(F)ccc2cc(OCOC)cc(-c3ncc4c(N5CC6CCC(C5)N6C(=O)OC(C)(C)C)nc(OC[C@@]56CCCN5[C@H](COC(=O)NCCCCCc5ccc7c(c5)n(C)c(=O)n7C5CCC(=O)NC5=O)CC6)nc4c3F)c12. The Morgan fingerprint density at radius 2 is 1.76 bits per heavy atom. The maximum atomic E-state index is 17.7. The molecule has 11 rings (SSSR count). The molecule has 2 bridgehead atoms. The van der Waals surface area contributed by atoms with E-state index in [0.29, 0.717) is 47.5 Å². The number of carbonyl (C=O) groups excluding carboxylic acids is 4. The van der Waals surface area contributed by atoms with Gasteiger partial charge in [-0.25, -0.2) is 23.2 Å². The number of hydrogen-bond donors (Lipinski definition) is 2. The van der Waals surface area contributed by atoms with Crippen molar-refractivity contribution in [3.8, 4) is 35.4 Å². The summed E-state index contributed by atoms with van der Waals surface area (Å²) in [5.41, 5.74) is 0.925. The molecule has 20 nitrogen and oxygen atoms in total. The van der Waals surface area contributed by atoms with E-state index in [4.69, 9.17) is 40.1 Å². The Bertz CT molecular complexity index is 3600. The number of amides is 4. The van der Waals surface area contributed by atoms with E-state index in [1.54, 1.807) is 25.2 Å². The van der Waals surface area contributed by atoms with Crippen molar-refractivity contribution in [3.63, 3.8) is 0 Å². The summed E-state index contributed by atoms with van der Waals surface area (Å²) >= 11 is 0. The van der Waals surface area contributed by atoms with E-state index < -0.39 is 40.8 Å². The molecule has 432 valence electrons. The molecule has 5 atom stereocenters. The molecule has 2 N–H and O–H groups in total. The molecule has 3 aromatic heterocycles. The highest BCUT2D eigenvalue weighted by Gasteiger charge is 2.51. The summed E-state index contributed by atoms with van der Waals surface area (Å²) < 4.78 is 65.3. The summed E-state index contributed by atoms with van der Waals surface area (Å²) in [4.78, 5) is 84.7. The van der Waals surface area contributed by atoms with Gasteiger partial charge in [-0.1, -0.05) is 24.5 Å². The maximum absolute atomic E-state index is 17.7. The van der Waals surface area contributed by atoms with Crippen LogP contribution in [0.25, 0.3) is 44.0 Å². The van der Waals surface area contributed by atoms with Crippen LogP contribution in [-0.4, -0.2) is 140 Å². The predicted molar refractivity (Wildman–Crippen MR) is 300 cm³/mol. The first-order valence-corrected chi connectivity index (χ1v) is 28.3. The van der Waals surface area contributed by atoms with Crippen molar-refractivity contribution in [2.45, 2.75) is 133 Å². The van der Waals surface area contributed by atoms with Crippen LogP contribution in [0.3, 0.4) is 0 Å². The topological polar surface area (TPSA) is 214 Å². The van der Waals surface area contributed by atoms with Crippen molar-refractivity contribution in [2.75, 3.05) is 58.2 Å². The number of rotatable bonds is 17. The molecule has 82 heavy (non-hydrogen) atoms. The minimum Gasteiger partial charge on any atom is -0.468 e. The normalized spacial score (nSPS) is 21.7. The van der Waals surface area contributed by atoms with E-state index in [-0.39, 0.29) is 102 Å². The zero-order valence-corrected chi connectivity index (χ0v) is 46.9. The van der Waals surface area contributed by atoms with Crippen LogP contribution in [0.2, 0.25) is 0 Å². The van der Waals surface area contributed by atoms with Crippen molar-refractivity contribution in [1.29, 1.82) is 0 Å². The summed E-state index contributed by atoms with van der Waals surface area (Å²) in [5.74, 6) is 0.903. The number of halogens is 2. The molecule has 5 saturated heterocycles. The fourth-order valence-corrected chi connectivity index (χ4v) is 13.0. The second-order valence-electron chi connectivity index (χ2n) is 23.2. The van der Waals surface area contributed by atoms with Crippen LogP contribution in [0, 0.1) is 24.0 Å². The smallest absolute Gasteiger partial charge is 0.410 e. The third kappa shape index (κ3) is 10.9. The van der Waals surface area contributed by atoms with E-state index in [9.17, 15) is 24.0 Å². The zero-order valence-electron chi connectivity index (χ0n) is 46.9. The van der Waals surface area contributed by atoms with Crippen molar-refractivity contribution in [1.82, 2.24) is 44.5 Å². The summed E-state index contributed by atoms with van der Waals surface area (Å²) in [7, 11) is 3.16. The Morgan fingerprint density at radius 1 is 0.951 bits per heavy atom. The molecule has 8 heterocycles. The summed E-state index contributed by atoms with van der Waals surface area (Å²) in [5, 5.41) is 6.34. The first kappa shape index (κ1) is 56.0. The van der Waals surface area contributed by atoms with Gasteiger partial charge in [-0.2, -0.15) is 9.97 Å². The quantitative estimate of drug-likeness (QED) is 0.0386. The van der Waals surface area contributed by atoms with Crippen LogP contribution in [0.4, 0.5) is 24.2 Å². The molecule has 4 amide bonds. The summed E-state index contributed by atoms with van der Waals surface area (Å²) in [6, 6.07) is 10.6. The van der Waals surface area contributed by atoms with E-state index in [1.807, 2.05) is 48.8 Å². The molecule has 0 spiro atoms. The van der Waals surface area contributed by atoms with Crippen LogP contribution in [0.1, 0.15) is 109 Å². The number of benzene rings is 3. The molecule has 5 aliphatic heterocycles. The molecule has 0 aliphatic carbocycles. The highest BCUT2D eigenvalue weighted by Crippen LogP contribution is 2.44. The number of nitrogens with zero attached hydrogens (tertiary/aromatic N) is 8. The van der Waals surface area contributed by atoms with Crippen LogP contribution in [0.15, 0.2) is 53.5 Å². The molecular formula is C60H68F2N10O10. The van der Waals surface area contributed by atoms with Gasteiger partial charge in [0.2, 0.25) is 11.8 Å². The van der Waals surface area contributed by atoms with E-state index in [2.05, 4.69) is 26.4 Å². The number of unbranched alkanes of at least 4 members (excludes halogenated alkanes) is 2. The zero-order chi connectivity index (χ0) is 57.6. The highest BCUT2D eigenvalue weighted by atomic mass is 19.1. The van der Waals surface area contributed by atoms with Crippen LogP contribution >= 0.6 is 0 Å². The van der Waals surface area contributed by atoms with E-state index in [1.165, 1.54) is 28.5 Å². The molecule has 3 unspecified atom stereocenters. The fraction of sp³-hybridized carbons (Fsp3) is 0.500. The third-order valence-corrected chi connectivity index (χ3v) is 16.8. The second-order valence-corrected chi connectivity index (χ2v) is 23.2. The van der Waals surface area contributed by atoms with Gasteiger partial charge in [0, 0.05) is 63.4 Å². The largest absolute Gasteiger partial charge is 0.468 e. The first-order chi connectivity index (χ1) is 39.4. The molecule has 3 aromatic carbocycles. The number of pyridine rings is 1. The lowest BCUT2D eigenvalue weighted by Gasteiger charge is -2.42. The lowest BCUT2D eigenvalue weighted by molar-refractivity contribution is -0.135. The highest BCUT2D eigenvalue weighted by molar-refractivity contribution is 6.03. The average molecular weight is 1130 g/mol. The third-order valence-electron chi connectivity index (χ3n) is 16.8. The lowest BCUT2D eigenvalue weighted by atomic mass is 9.95. The lowest BCUT2D eigenvalue weighted by Crippen LogP contribution is -2.57. The first-order valence-electron chi connectivity index (χ1n) is 28.3. The van der Waals surface area contributed by atoms with Crippen molar-refractivity contribution < 1.29 is 51.6 Å². The maximum Gasteiger partial charge on any atom is 0.410 e. The van der Waals surface area contributed by atoms with Crippen LogP contribution in [0.5, 0.6) is 11.8 Å². The minimum absolute atomic E-state index is 0.0482. The number of methoxy groups -OCH3 is 1. The number of nitrogens with one attached hydrogen (secondary N) is 2. The Labute approximate surface area is 472 Å². The van der Waals surface area contributed by atoms with Crippen molar-refractivity contribution in [3.05, 3.63) is 81.9 Å². The molecule has 22 heteroatoms. The summed E-state index contributed by atoms with van der Waals surface area (Å²) in [6.07, 6.45) is 14.9. The van der Waals surface area contributed by atoms with Crippen LogP contribution < -0.4 is 30.7 Å². The van der Waals surface area contributed by atoms with Gasteiger partial charge in [0.15, 0.2) is 12.6 Å². The molecular weight excluding hydrogens is 1060 g/mol. The molecule has 6 aromatic rings. The number of aryl methyl sites for hydroxylation is 2. The van der Waals surface area contributed by atoms with E-state index >= 15 is 8.78 Å². The standard InChI is InChI=1S/C60H68F2N10O10/c1-7-41-44(61)17-14-36-27-40(81-34-78-6)28-42(49(36)41)51-50(62)52-43(29-64-51)53(69-30-37-15-16-38(31-69)71(37)58(77)82-59(2,3)4)67-55(66-52)80-33-60-22-11-25-70(60)39(21-23-60)32-79-56(75)63-24-10-8-9-12-35-13-18-45-47(26-35)68(5)57(76)72(45)46-19-20-48(73)65-54(46)74/h1,13-14,17-18,26-29,37-39,46H,8-12,15-16,19-25,30-34H2,2-6H3,(H,63,75)(H,65,73,74)/t37?,38?,39-,46?,60-/m0/s1. The number of imide groups is 1. The number of imidazole rings is 1. The van der Waals surface area contributed by atoms with Gasteiger partial charge in [0.1, 0.15) is 53.5 Å². The number of fused-ring (bicyclic) bond motifs is 6. The van der Waals surface area contributed by atoms with Gasteiger partial charge in [-0.3, -0.25) is 38.8 Å². The number of hydrogen-bond acceptors (Lipinski definition) is 15. The Morgan fingerprint density at radius 3 is 2.51 bits per heavy atom. The van der Waals surface area contributed by atoms with Crippen molar-refractivity contribution in [2.24, 2.45) is 7.05 Å². The van der Waals surface area contributed by atoms with Gasteiger partial charge in [0.25, 0.3) is 0 Å². The van der Waals surface area contributed by atoms with Gasteiger partial charge in [0.05, 0.1) is 39.6 Å². The predicted octanol–water partition coefficient (Wildman–Crippen LogP) is 7.82. The number of terminal acetylenes is 1. The molecule has 0 radical (unpaired) electrons. The van der Waals surface area contributed by atoms with Gasteiger partial charge in [-0.15, -0.1) is 6.42 Å². The van der Waals surface area contributed by atoms with Crippen LogP contribution in [-0.2, 0) is 37.3 Å². The van der Waals surface area contributed by atoms with Gasteiger partial charge >= 0.3 is 23.9 Å². The Hall–Kier alpha value is -7.90. The number of carbonyl (C=O) groups is 4. The number of anilines is 1. The molecule has 5 fully saturated rings. The number of piperazine rings is 1.